The van der Waals surface area contributed by atoms with E-state index in [1.165, 1.54) is 372 Å². The van der Waals surface area contributed by atoms with Crippen LogP contribution in [-0.2, 0) is 32.7 Å². The van der Waals surface area contributed by atoms with Crippen LogP contribution in [-0.4, -0.2) is 49.3 Å². The Bertz CT molecular complexity index is 1430. The van der Waals surface area contributed by atoms with Gasteiger partial charge in [0.1, 0.15) is 6.61 Å². The van der Waals surface area contributed by atoms with Gasteiger partial charge < -0.3 is 20.1 Å². The highest BCUT2D eigenvalue weighted by Crippen LogP contribution is 2.43. The van der Waals surface area contributed by atoms with Gasteiger partial charge in [-0.3, -0.25) is 18.6 Å². The van der Waals surface area contributed by atoms with Crippen LogP contribution in [0.15, 0.2) is 12.2 Å². The summed E-state index contributed by atoms with van der Waals surface area (Å²) in [5, 5.41) is 0. The number of hydrogen-bond donors (Lipinski definition) is 2. The lowest BCUT2D eigenvalue weighted by Crippen LogP contribution is -2.29. The van der Waals surface area contributed by atoms with E-state index >= 15 is 0 Å². The summed E-state index contributed by atoms with van der Waals surface area (Å²) in [7, 11) is -4.39. The molecule has 0 rings (SSSR count). The summed E-state index contributed by atoms with van der Waals surface area (Å²) in [6.45, 7) is 3.85. The molecule has 0 aromatic carbocycles. The van der Waals surface area contributed by atoms with Crippen molar-refractivity contribution in [3.8, 4) is 0 Å². The van der Waals surface area contributed by atoms with E-state index in [4.69, 9.17) is 24.3 Å². The molecule has 0 aliphatic rings. The van der Waals surface area contributed by atoms with Crippen LogP contribution in [0.3, 0.4) is 0 Å². The number of phosphoric acid groups is 1. The van der Waals surface area contributed by atoms with Crippen molar-refractivity contribution in [1.82, 2.24) is 0 Å². The molecule has 518 valence electrons. The molecule has 0 heterocycles. The molecule has 2 atom stereocenters. The second kappa shape index (κ2) is 73.8. The summed E-state index contributed by atoms with van der Waals surface area (Å²) in [4.78, 5) is 35.4. The second-order valence-electron chi connectivity index (χ2n) is 26.9. The molecule has 0 aliphatic heterocycles. The molecule has 0 aliphatic carbocycles. The summed E-state index contributed by atoms with van der Waals surface area (Å²) in [5.74, 6) is -0.797. The van der Waals surface area contributed by atoms with Crippen molar-refractivity contribution >= 4 is 19.8 Å². The van der Waals surface area contributed by atoms with E-state index in [1.54, 1.807) is 0 Å². The molecule has 0 radical (unpaired) electrons. The van der Waals surface area contributed by atoms with Crippen molar-refractivity contribution in [3.05, 3.63) is 12.2 Å². The SMILES string of the molecule is CCCCCCCCCC/C=C\CCCCCCCCCCCCCCCCCCCCCCCCCC(=O)OC(COC(=O)CCCCCCCCCCCCCCCCCCCCCCCCCCCCCCCCC)COP(=O)(O)OCCN. The van der Waals surface area contributed by atoms with Crippen LogP contribution in [0.5, 0.6) is 0 Å². The summed E-state index contributed by atoms with van der Waals surface area (Å²) >= 11 is 0. The van der Waals surface area contributed by atoms with Crippen molar-refractivity contribution in [1.29, 1.82) is 0 Å². The van der Waals surface area contributed by atoms with Crippen LogP contribution in [0.4, 0.5) is 0 Å². The Kier molecular flexibility index (Phi) is 72.7. The van der Waals surface area contributed by atoms with Crippen molar-refractivity contribution in [2.24, 2.45) is 5.73 Å². The maximum Gasteiger partial charge on any atom is 0.472 e. The van der Waals surface area contributed by atoms with Gasteiger partial charge in [-0.2, -0.15) is 0 Å². The molecule has 0 saturated heterocycles. The van der Waals surface area contributed by atoms with Crippen LogP contribution in [0, 0.1) is 0 Å². The van der Waals surface area contributed by atoms with Gasteiger partial charge >= 0.3 is 19.8 Å². The lowest BCUT2D eigenvalue weighted by atomic mass is 10.0. The average molecular weight is 1250 g/mol. The first-order chi connectivity index (χ1) is 42.8. The number of carbonyl (C=O) groups is 2. The Morgan fingerprint density at radius 2 is 0.563 bits per heavy atom. The standard InChI is InChI=1S/C77H152NO8P/c1-3-5-7-9-11-13-15-17-19-21-23-25-27-29-31-33-35-36-37-38-40-42-44-46-48-50-52-54-56-58-60-62-64-66-68-70-77(80)86-75(74-85-87(81,82)84-72-71-78)73-83-76(79)69-67-65-63-61-59-57-55-53-51-49-47-45-43-41-39-34-32-30-28-26-24-22-20-18-16-14-12-10-8-6-4-2/h21,23,75H,3-20,22,24-74,78H2,1-2H3,(H,81,82)/b23-21-. The fourth-order valence-electron chi connectivity index (χ4n) is 12.3. The Morgan fingerprint density at radius 1 is 0.333 bits per heavy atom. The molecule has 0 amide bonds. The monoisotopic (exact) mass is 1250 g/mol. The third-order valence-electron chi connectivity index (χ3n) is 18.2. The predicted octanol–water partition coefficient (Wildman–Crippen LogP) is 25.9. The van der Waals surface area contributed by atoms with Crippen LogP contribution in [0.1, 0.15) is 438 Å². The Balaban J connectivity index is 3.75. The van der Waals surface area contributed by atoms with E-state index in [-0.39, 0.29) is 38.6 Å². The largest absolute Gasteiger partial charge is 0.472 e. The maximum absolute atomic E-state index is 12.8. The van der Waals surface area contributed by atoms with Gasteiger partial charge in [0.15, 0.2) is 6.10 Å². The number of allylic oxidation sites excluding steroid dienone is 2. The molecule has 9 nitrogen and oxygen atoms in total. The number of nitrogens with two attached hydrogens (primary N) is 1. The Hall–Kier alpha value is -1.25. The highest BCUT2D eigenvalue weighted by molar-refractivity contribution is 7.47. The molecule has 0 saturated carbocycles. The molecular weight excluding hydrogens is 1100 g/mol. The van der Waals surface area contributed by atoms with Gasteiger partial charge in [0.25, 0.3) is 0 Å². The topological polar surface area (TPSA) is 134 Å². The van der Waals surface area contributed by atoms with Crippen molar-refractivity contribution < 1.29 is 37.6 Å². The molecule has 0 fully saturated rings. The number of ether oxygens (including phenoxy) is 2. The number of rotatable bonds is 76. The van der Waals surface area contributed by atoms with Crippen LogP contribution < -0.4 is 5.73 Å². The zero-order valence-electron chi connectivity index (χ0n) is 58.6. The molecule has 0 bridgehead atoms. The molecule has 0 spiro atoms. The quantitative estimate of drug-likeness (QED) is 0.0264. The molecular formula is C77H152NO8P. The van der Waals surface area contributed by atoms with Crippen LogP contribution in [0.25, 0.3) is 0 Å². The Morgan fingerprint density at radius 3 is 0.816 bits per heavy atom. The Labute approximate surface area is 542 Å². The lowest BCUT2D eigenvalue weighted by Gasteiger charge is -2.19. The first-order valence-electron chi connectivity index (χ1n) is 39.2. The molecule has 0 aromatic heterocycles. The van der Waals surface area contributed by atoms with Crippen molar-refractivity contribution in [2.75, 3.05) is 26.4 Å². The molecule has 87 heavy (non-hydrogen) atoms. The van der Waals surface area contributed by atoms with Gasteiger partial charge in [-0.25, -0.2) is 4.57 Å². The van der Waals surface area contributed by atoms with Crippen LogP contribution in [0.2, 0.25) is 0 Å². The third kappa shape index (κ3) is 73.7. The normalized spacial score (nSPS) is 12.8. The van der Waals surface area contributed by atoms with E-state index in [2.05, 4.69) is 26.0 Å². The molecule has 3 N–H and O–H groups in total. The zero-order valence-corrected chi connectivity index (χ0v) is 59.5. The van der Waals surface area contributed by atoms with Crippen molar-refractivity contribution in [3.63, 3.8) is 0 Å². The third-order valence-corrected chi connectivity index (χ3v) is 19.1. The fourth-order valence-corrected chi connectivity index (χ4v) is 13.1. The van der Waals surface area contributed by atoms with E-state index in [0.29, 0.717) is 6.42 Å². The van der Waals surface area contributed by atoms with E-state index < -0.39 is 26.5 Å². The van der Waals surface area contributed by atoms with Gasteiger partial charge in [0.05, 0.1) is 13.2 Å². The highest BCUT2D eigenvalue weighted by Gasteiger charge is 2.26. The van der Waals surface area contributed by atoms with Gasteiger partial charge in [0, 0.05) is 19.4 Å². The van der Waals surface area contributed by atoms with E-state index in [0.717, 1.165) is 32.1 Å². The molecule has 2 unspecified atom stereocenters. The highest BCUT2D eigenvalue weighted by atomic mass is 31.2. The van der Waals surface area contributed by atoms with Gasteiger partial charge in [-0.15, -0.1) is 0 Å². The number of unbranched alkanes of at least 4 members (excludes halogenated alkanes) is 61. The average Bonchev–Trinajstić information content (AvgIpc) is 3.64. The molecule has 0 aromatic rings. The number of carbonyl (C=O) groups excluding carboxylic acids is 2. The fraction of sp³-hybridized carbons (Fsp3) is 0.948. The van der Waals surface area contributed by atoms with Gasteiger partial charge in [0.2, 0.25) is 0 Å². The zero-order chi connectivity index (χ0) is 63.0. The second-order valence-corrected chi connectivity index (χ2v) is 28.4. The van der Waals surface area contributed by atoms with E-state index in [1.807, 2.05) is 0 Å². The predicted molar refractivity (Wildman–Crippen MR) is 377 cm³/mol. The number of hydrogen-bond acceptors (Lipinski definition) is 8. The number of phosphoric ester groups is 1. The number of esters is 2. The molecule has 10 heteroatoms. The minimum absolute atomic E-state index is 0.0582. The first-order valence-corrected chi connectivity index (χ1v) is 40.7. The summed E-state index contributed by atoms with van der Waals surface area (Å²) in [5.41, 5.74) is 5.41. The van der Waals surface area contributed by atoms with Gasteiger partial charge in [-0.05, 0) is 38.5 Å². The van der Waals surface area contributed by atoms with Crippen molar-refractivity contribution in [2.45, 2.75) is 444 Å². The maximum atomic E-state index is 12.8. The van der Waals surface area contributed by atoms with E-state index in [9.17, 15) is 19.0 Å². The first kappa shape index (κ1) is 85.8. The summed E-state index contributed by atoms with van der Waals surface area (Å²) in [6.07, 6.45) is 90.7. The minimum atomic E-state index is -4.39. The van der Waals surface area contributed by atoms with Crippen LogP contribution >= 0.6 is 7.82 Å². The minimum Gasteiger partial charge on any atom is -0.462 e. The summed E-state index contributed by atoms with van der Waals surface area (Å²) < 4.78 is 33.3. The smallest absolute Gasteiger partial charge is 0.462 e. The summed E-state index contributed by atoms with van der Waals surface area (Å²) in [6, 6.07) is 0. The lowest BCUT2D eigenvalue weighted by molar-refractivity contribution is -0.161. The van der Waals surface area contributed by atoms with Gasteiger partial charge in [-0.1, -0.05) is 398 Å².